The van der Waals surface area contributed by atoms with E-state index in [0.29, 0.717) is 5.92 Å². The van der Waals surface area contributed by atoms with Crippen molar-refractivity contribution in [2.24, 2.45) is 5.41 Å². The summed E-state index contributed by atoms with van der Waals surface area (Å²) in [6, 6.07) is 3.88. The van der Waals surface area contributed by atoms with Crippen LogP contribution in [0.5, 0.6) is 5.75 Å². The summed E-state index contributed by atoms with van der Waals surface area (Å²) in [5.41, 5.74) is 5.18. The van der Waals surface area contributed by atoms with E-state index < -0.39 is 11.4 Å². The second kappa shape index (κ2) is 7.25. The average molecular weight is 422 g/mol. The summed E-state index contributed by atoms with van der Waals surface area (Å²) in [6.45, 7) is 7.31. The highest BCUT2D eigenvalue weighted by molar-refractivity contribution is 5.88. The molecule has 3 aliphatic rings. The number of rotatable bonds is 2. The minimum absolute atomic E-state index is 0.0667. The third-order valence-corrected chi connectivity index (χ3v) is 7.46. The van der Waals surface area contributed by atoms with E-state index in [1.807, 2.05) is 0 Å². The van der Waals surface area contributed by atoms with Crippen LogP contribution in [0.15, 0.2) is 23.1 Å². The topological polar surface area (TPSA) is 68.5 Å². The molecule has 2 aromatic rings. The second-order valence-electron chi connectivity index (χ2n) is 10.5. The molecule has 1 N–H and O–H groups in total. The van der Waals surface area contributed by atoms with Gasteiger partial charge in [-0.25, -0.2) is 4.79 Å². The molecule has 0 unspecified atom stereocenters. The minimum atomic E-state index is -1.16. The van der Waals surface area contributed by atoms with E-state index in [1.54, 1.807) is 12.3 Å². The Morgan fingerprint density at radius 1 is 1.13 bits per heavy atom. The van der Waals surface area contributed by atoms with Gasteiger partial charge in [0.2, 0.25) is 0 Å². The van der Waals surface area contributed by atoms with Crippen LogP contribution in [0.1, 0.15) is 91.9 Å². The largest absolute Gasteiger partial charge is 0.493 e. The number of hydrogen-bond donors (Lipinski definition) is 1. The molecule has 5 rings (SSSR count). The molecule has 3 heterocycles. The SMILES string of the molecule is CC(C)(C)[C@@H]1Cc2c(cc(C3CCCC3)c3c2CCCO3)-c2cc(=O)c(C(=O)O)cn21. The smallest absolute Gasteiger partial charge is 0.341 e. The fourth-order valence-corrected chi connectivity index (χ4v) is 5.84. The van der Waals surface area contributed by atoms with Gasteiger partial charge in [-0.1, -0.05) is 33.6 Å². The summed E-state index contributed by atoms with van der Waals surface area (Å²) in [6.07, 6.45) is 9.29. The third-order valence-electron chi connectivity index (χ3n) is 7.46. The summed E-state index contributed by atoms with van der Waals surface area (Å²) in [5.74, 6) is 0.447. The molecule has 1 aromatic carbocycles. The molecule has 0 radical (unpaired) electrons. The predicted octanol–water partition coefficient (Wildman–Crippen LogP) is 5.34. The predicted molar refractivity (Wildman–Crippen MR) is 120 cm³/mol. The molecule has 1 saturated carbocycles. The molecule has 1 fully saturated rings. The maximum atomic E-state index is 12.7. The lowest BCUT2D eigenvalue weighted by atomic mass is 9.75. The summed E-state index contributed by atoms with van der Waals surface area (Å²) in [5, 5.41) is 9.57. The first kappa shape index (κ1) is 20.3. The maximum Gasteiger partial charge on any atom is 0.341 e. The zero-order valence-corrected chi connectivity index (χ0v) is 18.7. The molecule has 31 heavy (non-hydrogen) atoms. The van der Waals surface area contributed by atoms with Gasteiger partial charge in [-0.2, -0.15) is 0 Å². The molecular formula is C26H31NO4. The number of fused-ring (bicyclic) bond motifs is 5. The van der Waals surface area contributed by atoms with E-state index in [-0.39, 0.29) is 17.0 Å². The number of ether oxygens (including phenoxy) is 1. The first-order valence-electron chi connectivity index (χ1n) is 11.6. The number of aromatic nitrogens is 1. The first-order chi connectivity index (χ1) is 14.8. The van der Waals surface area contributed by atoms with Crippen LogP contribution in [0.3, 0.4) is 0 Å². The van der Waals surface area contributed by atoms with Gasteiger partial charge in [-0.15, -0.1) is 0 Å². The summed E-state index contributed by atoms with van der Waals surface area (Å²) >= 11 is 0. The van der Waals surface area contributed by atoms with Crippen molar-refractivity contribution in [2.45, 2.75) is 77.7 Å². The van der Waals surface area contributed by atoms with Gasteiger partial charge >= 0.3 is 5.97 Å². The van der Waals surface area contributed by atoms with E-state index in [4.69, 9.17) is 4.74 Å². The summed E-state index contributed by atoms with van der Waals surface area (Å²) < 4.78 is 8.33. The van der Waals surface area contributed by atoms with Crippen LogP contribution < -0.4 is 10.2 Å². The second-order valence-corrected chi connectivity index (χ2v) is 10.5. The summed E-state index contributed by atoms with van der Waals surface area (Å²) in [7, 11) is 0. The molecule has 2 aliphatic heterocycles. The van der Waals surface area contributed by atoms with Crippen LogP contribution in [0.2, 0.25) is 0 Å². The molecule has 1 aliphatic carbocycles. The maximum absolute atomic E-state index is 12.7. The molecule has 164 valence electrons. The molecule has 0 bridgehead atoms. The third kappa shape index (κ3) is 3.29. The number of benzene rings is 1. The lowest BCUT2D eigenvalue weighted by Gasteiger charge is -2.41. The number of carboxylic acids is 1. The quantitative estimate of drug-likeness (QED) is 0.711. The van der Waals surface area contributed by atoms with Gasteiger partial charge in [0.05, 0.1) is 12.3 Å². The number of carbonyl (C=O) groups is 1. The Morgan fingerprint density at radius 3 is 2.55 bits per heavy atom. The fourth-order valence-electron chi connectivity index (χ4n) is 5.84. The summed E-state index contributed by atoms with van der Waals surface area (Å²) in [4.78, 5) is 24.4. The highest BCUT2D eigenvalue weighted by atomic mass is 16.5. The first-order valence-corrected chi connectivity index (χ1v) is 11.6. The van der Waals surface area contributed by atoms with Crippen molar-refractivity contribution in [3.05, 3.63) is 50.8 Å². The standard InChI is InChI=1S/C26H31NO4/c1-26(2,3)23-12-18-16-9-6-10-31-24(16)17(15-7-4-5-8-15)11-19(18)21-13-22(28)20(25(29)30)14-27(21)23/h11,13-15,23H,4-10,12H2,1-3H3,(H,29,30)/t23-/m0/s1. The van der Waals surface area contributed by atoms with Crippen molar-refractivity contribution in [2.75, 3.05) is 6.61 Å². The Balaban J connectivity index is 1.80. The van der Waals surface area contributed by atoms with Crippen molar-refractivity contribution in [1.82, 2.24) is 4.57 Å². The van der Waals surface area contributed by atoms with Gasteiger partial charge in [0, 0.05) is 23.9 Å². The molecule has 0 spiro atoms. The Morgan fingerprint density at radius 2 is 1.87 bits per heavy atom. The highest BCUT2D eigenvalue weighted by Crippen LogP contribution is 2.50. The number of hydrogen-bond acceptors (Lipinski definition) is 3. The van der Waals surface area contributed by atoms with Crippen LogP contribution >= 0.6 is 0 Å². The molecule has 0 saturated heterocycles. The number of nitrogens with zero attached hydrogens (tertiary/aromatic N) is 1. The van der Waals surface area contributed by atoms with Crippen LogP contribution in [0.25, 0.3) is 11.3 Å². The Kier molecular flexibility index (Phi) is 4.76. The lowest BCUT2D eigenvalue weighted by Crippen LogP contribution is -2.33. The normalized spacial score (nSPS) is 20.5. The zero-order valence-electron chi connectivity index (χ0n) is 18.7. The monoisotopic (exact) mass is 421 g/mol. The molecule has 1 aromatic heterocycles. The fraction of sp³-hybridized carbons (Fsp3) is 0.538. The lowest BCUT2D eigenvalue weighted by molar-refractivity contribution is 0.0693. The Bertz CT molecular complexity index is 1120. The molecular weight excluding hydrogens is 390 g/mol. The Labute approximate surface area is 183 Å². The van der Waals surface area contributed by atoms with Crippen molar-refractivity contribution in [3.63, 3.8) is 0 Å². The van der Waals surface area contributed by atoms with Crippen molar-refractivity contribution < 1.29 is 14.6 Å². The highest BCUT2D eigenvalue weighted by Gasteiger charge is 2.37. The van der Waals surface area contributed by atoms with Crippen molar-refractivity contribution in [1.29, 1.82) is 0 Å². The van der Waals surface area contributed by atoms with Crippen LogP contribution in [-0.2, 0) is 12.8 Å². The Hall–Kier alpha value is -2.56. The number of carboxylic acid groups (broad SMARTS) is 1. The number of pyridine rings is 1. The minimum Gasteiger partial charge on any atom is -0.493 e. The van der Waals surface area contributed by atoms with Gasteiger partial charge in [0.25, 0.3) is 0 Å². The molecule has 5 heteroatoms. The van der Waals surface area contributed by atoms with Crippen LogP contribution in [0.4, 0.5) is 0 Å². The van der Waals surface area contributed by atoms with E-state index in [2.05, 4.69) is 31.4 Å². The van der Waals surface area contributed by atoms with Gasteiger partial charge in [0.15, 0.2) is 5.43 Å². The number of aromatic carboxylic acids is 1. The van der Waals surface area contributed by atoms with Gasteiger partial charge in [-0.05, 0) is 66.2 Å². The van der Waals surface area contributed by atoms with E-state index >= 15 is 0 Å². The van der Waals surface area contributed by atoms with Crippen molar-refractivity contribution >= 4 is 5.97 Å². The van der Waals surface area contributed by atoms with Crippen LogP contribution in [-0.4, -0.2) is 22.2 Å². The van der Waals surface area contributed by atoms with Gasteiger partial charge < -0.3 is 14.4 Å². The van der Waals surface area contributed by atoms with E-state index in [1.165, 1.54) is 42.4 Å². The average Bonchev–Trinajstić information content (AvgIpc) is 3.25. The molecule has 1 atom stereocenters. The molecule has 5 nitrogen and oxygen atoms in total. The zero-order chi connectivity index (χ0) is 21.9. The van der Waals surface area contributed by atoms with Crippen molar-refractivity contribution in [3.8, 4) is 17.0 Å². The molecule has 0 amide bonds. The van der Waals surface area contributed by atoms with Crippen LogP contribution in [0, 0.1) is 5.41 Å². The van der Waals surface area contributed by atoms with Gasteiger partial charge in [0.1, 0.15) is 11.3 Å². The van der Waals surface area contributed by atoms with E-state index in [9.17, 15) is 14.7 Å². The van der Waals surface area contributed by atoms with Gasteiger partial charge in [-0.3, -0.25) is 4.79 Å². The van der Waals surface area contributed by atoms with E-state index in [0.717, 1.165) is 42.9 Å².